The van der Waals surface area contributed by atoms with Crippen LogP contribution in [0.5, 0.6) is 11.5 Å². The summed E-state index contributed by atoms with van der Waals surface area (Å²) < 4.78 is 10.9. The molecule has 0 N–H and O–H groups in total. The molecule has 5 nitrogen and oxygen atoms in total. The number of nitrogens with zero attached hydrogens (tertiary/aromatic N) is 2. The normalized spacial score (nSPS) is 14.2. The van der Waals surface area contributed by atoms with Gasteiger partial charge in [-0.3, -0.25) is 4.79 Å². The van der Waals surface area contributed by atoms with Crippen LogP contribution < -0.4 is 14.4 Å². The van der Waals surface area contributed by atoms with E-state index in [1.807, 2.05) is 6.07 Å². The van der Waals surface area contributed by atoms with Gasteiger partial charge in [0.25, 0.3) is 0 Å². The number of alkyl halides is 1. The van der Waals surface area contributed by atoms with E-state index in [4.69, 9.17) is 26.3 Å². The number of rotatable bonds is 4. The average Bonchev–Trinajstić information content (AvgIpc) is 2.47. The molecule has 1 aliphatic rings. The minimum Gasteiger partial charge on any atom is -0.486 e. The van der Waals surface area contributed by atoms with Gasteiger partial charge in [0.15, 0.2) is 11.5 Å². The van der Waals surface area contributed by atoms with Crippen molar-refractivity contribution in [1.82, 2.24) is 0 Å². The maximum atomic E-state index is 12.1. The monoisotopic (exact) mass is 294 g/mol. The number of fused-ring (bicyclic) bond motifs is 1. The Morgan fingerprint density at radius 2 is 2.15 bits per heavy atom. The number of carbonyl (C=O) groups excluding carboxylic acids is 1. The van der Waals surface area contributed by atoms with Gasteiger partial charge in [-0.2, -0.15) is 5.26 Å². The highest BCUT2D eigenvalue weighted by molar-refractivity contribution is 6.32. The highest BCUT2D eigenvalue weighted by Gasteiger charge is 2.22. The topological polar surface area (TPSA) is 62.6 Å². The van der Waals surface area contributed by atoms with E-state index in [1.54, 1.807) is 25.1 Å². The van der Waals surface area contributed by atoms with Crippen LogP contribution >= 0.6 is 11.6 Å². The number of anilines is 1. The lowest BCUT2D eigenvalue weighted by molar-refractivity contribution is -0.118. The fourth-order valence-corrected chi connectivity index (χ4v) is 2.06. The predicted octanol–water partition coefficient (Wildman–Crippen LogP) is 2.33. The minimum absolute atomic E-state index is 0.237. The van der Waals surface area contributed by atoms with Crippen LogP contribution in [0, 0.1) is 11.3 Å². The summed E-state index contributed by atoms with van der Waals surface area (Å²) in [6.07, 6.45) is 0.240. The maximum Gasteiger partial charge on any atom is 0.244 e. The third-order valence-electron chi connectivity index (χ3n) is 2.89. The number of benzene rings is 1. The van der Waals surface area contributed by atoms with Gasteiger partial charge in [0.05, 0.1) is 12.5 Å². The van der Waals surface area contributed by atoms with Gasteiger partial charge in [-0.05, 0) is 19.1 Å². The van der Waals surface area contributed by atoms with E-state index < -0.39 is 5.38 Å². The molecule has 1 aromatic carbocycles. The number of hydrogen-bond donors (Lipinski definition) is 0. The molecule has 106 valence electrons. The highest BCUT2D eigenvalue weighted by atomic mass is 35.5. The molecule has 6 heteroatoms. The van der Waals surface area contributed by atoms with E-state index in [0.29, 0.717) is 36.9 Å². The van der Waals surface area contributed by atoms with Crippen LogP contribution in [-0.4, -0.2) is 31.0 Å². The Morgan fingerprint density at radius 1 is 1.45 bits per heavy atom. The van der Waals surface area contributed by atoms with Crippen LogP contribution in [0.25, 0.3) is 0 Å². The summed E-state index contributed by atoms with van der Waals surface area (Å²) in [6, 6.07) is 7.30. The molecule has 1 unspecified atom stereocenters. The van der Waals surface area contributed by atoms with Crippen LogP contribution in [0.2, 0.25) is 0 Å². The smallest absolute Gasteiger partial charge is 0.244 e. The number of hydrogen-bond acceptors (Lipinski definition) is 4. The fraction of sp³-hybridized carbons (Fsp3) is 0.429. The molecule has 20 heavy (non-hydrogen) atoms. The van der Waals surface area contributed by atoms with Crippen molar-refractivity contribution in [1.29, 1.82) is 5.26 Å². The van der Waals surface area contributed by atoms with Crippen LogP contribution in [0.3, 0.4) is 0 Å². The first-order valence-electron chi connectivity index (χ1n) is 6.35. The van der Waals surface area contributed by atoms with E-state index in [9.17, 15) is 4.79 Å². The Hall–Kier alpha value is -1.93. The molecule has 0 spiro atoms. The molecule has 1 atom stereocenters. The van der Waals surface area contributed by atoms with Crippen molar-refractivity contribution in [2.45, 2.75) is 18.7 Å². The van der Waals surface area contributed by atoms with Gasteiger partial charge in [0, 0.05) is 18.3 Å². The van der Waals surface area contributed by atoms with E-state index in [0.717, 1.165) is 0 Å². The van der Waals surface area contributed by atoms with Gasteiger partial charge in [0.1, 0.15) is 18.6 Å². The molecule has 0 radical (unpaired) electrons. The van der Waals surface area contributed by atoms with Gasteiger partial charge in [-0.25, -0.2) is 0 Å². The molecule has 1 heterocycles. The second-order valence-electron chi connectivity index (χ2n) is 4.34. The largest absolute Gasteiger partial charge is 0.486 e. The lowest BCUT2D eigenvalue weighted by atomic mass is 10.2. The minimum atomic E-state index is -0.651. The summed E-state index contributed by atoms with van der Waals surface area (Å²) in [7, 11) is 0. The number of halogens is 1. The Morgan fingerprint density at radius 3 is 2.80 bits per heavy atom. The van der Waals surface area contributed by atoms with Crippen molar-refractivity contribution in [2.24, 2.45) is 0 Å². The van der Waals surface area contributed by atoms with Crippen molar-refractivity contribution in [3.8, 4) is 17.6 Å². The molecular weight excluding hydrogens is 280 g/mol. The fourth-order valence-electron chi connectivity index (χ4n) is 1.94. The van der Waals surface area contributed by atoms with Gasteiger partial charge in [0.2, 0.25) is 5.91 Å². The molecular formula is C14H15ClN2O3. The molecule has 1 aliphatic heterocycles. The number of amides is 1. The number of nitriles is 1. The summed E-state index contributed by atoms with van der Waals surface area (Å²) in [5, 5.41) is 8.06. The Bertz CT molecular complexity index is 540. The van der Waals surface area contributed by atoms with Gasteiger partial charge < -0.3 is 14.4 Å². The van der Waals surface area contributed by atoms with Crippen molar-refractivity contribution < 1.29 is 14.3 Å². The first-order valence-corrected chi connectivity index (χ1v) is 6.79. The first kappa shape index (κ1) is 14.5. The average molecular weight is 295 g/mol. The third-order valence-corrected chi connectivity index (χ3v) is 3.08. The molecule has 0 aliphatic carbocycles. The van der Waals surface area contributed by atoms with Crippen LogP contribution in [0.1, 0.15) is 13.3 Å². The quantitative estimate of drug-likeness (QED) is 0.800. The first-order chi connectivity index (χ1) is 9.63. The standard InChI is InChI=1S/C14H15ClN2O3/c1-10(15)14(18)17(6-2-5-16)11-3-4-12-13(9-11)20-8-7-19-12/h3-4,9-10H,2,6-8H2,1H3. The van der Waals surface area contributed by atoms with Gasteiger partial charge in [-0.15, -0.1) is 11.6 Å². The van der Waals surface area contributed by atoms with Crippen LogP contribution in [-0.2, 0) is 4.79 Å². The summed E-state index contributed by atoms with van der Waals surface area (Å²) in [6.45, 7) is 2.91. The number of ether oxygens (including phenoxy) is 2. The summed E-state index contributed by atoms with van der Waals surface area (Å²) in [5.41, 5.74) is 0.655. The van der Waals surface area contributed by atoms with Crippen molar-refractivity contribution >= 4 is 23.2 Å². The third kappa shape index (κ3) is 3.14. The molecule has 0 fully saturated rings. The zero-order valence-corrected chi connectivity index (χ0v) is 11.9. The second kappa shape index (κ2) is 6.49. The van der Waals surface area contributed by atoms with Gasteiger partial charge >= 0.3 is 0 Å². The highest BCUT2D eigenvalue weighted by Crippen LogP contribution is 2.34. The van der Waals surface area contributed by atoms with E-state index in [2.05, 4.69) is 0 Å². The van der Waals surface area contributed by atoms with Gasteiger partial charge in [-0.1, -0.05) is 0 Å². The van der Waals surface area contributed by atoms with Crippen LogP contribution in [0.15, 0.2) is 18.2 Å². The van der Waals surface area contributed by atoms with Crippen molar-refractivity contribution in [3.05, 3.63) is 18.2 Å². The molecule has 0 bridgehead atoms. The van der Waals surface area contributed by atoms with E-state index in [-0.39, 0.29) is 12.3 Å². The maximum absolute atomic E-state index is 12.1. The molecule has 1 aromatic rings. The Kier molecular flexibility index (Phi) is 4.70. The molecule has 0 saturated heterocycles. The lowest BCUT2D eigenvalue weighted by Crippen LogP contribution is -2.36. The Balaban J connectivity index is 2.28. The molecule has 0 aromatic heterocycles. The second-order valence-corrected chi connectivity index (χ2v) is 5.00. The number of carbonyl (C=O) groups is 1. The lowest BCUT2D eigenvalue weighted by Gasteiger charge is -2.25. The summed E-state index contributed by atoms with van der Waals surface area (Å²) in [5.74, 6) is 1.02. The zero-order chi connectivity index (χ0) is 14.5. The SMILES string of the molecule is CC(Cl)C(=O)N(CCC#N)c1ccc2c(c1)OCCO2. The molecule has 2 rings (SSSR count). The molecule has 0 saturated carbocycles. The van der Waals surface area contributed by atoms with Crippen LogP contribution in [0.4, 0.5) is 5.69 Å². The van der Waals surface area contributed by atoms with E-state index >= 15 is 0 Å². The van der Waals surface area contributed by atoms with E-state index in [1.165, 1.54) is 4.90 Å². The zero-order valence-electron chi connectivity index (χ0n) is 11.1. The molecule has 1 amide bonds. The summed E-state index contributed by atoms with van der Waals surface area (Å²) >= 11 is 5.87. The van der Waals surface area contributed by atoms with Crippen molar-refractivity contribution in [2.75, 3.05) is 24.7 Å². The predicted molar refractivity (Wildman–Crippen MR) is 75.3 cm³/mol. The van der Waals surface area contributed by atoms with Crippen molar-refractivity contribution in [3.63, 3.8) is 0 Å². The Labute approximate surface area is 122 Å². The summed E-state index contributed by atoms with van der Waals surface area (Å²) in [4.78, 5) is 13.6.